The maximum atomic E-state index is 4.49. The SMILES string of the molecule is C=C(CCCc1ccc(-c2ccc(C)cn2)nc1)NN=NC. The molecule has 0 unspecified atom stereocenters. The molecule has 0 aromatic carbocycles. The van der Waals surface area contributed by atoms with E-state index in [-0.39, 0.29) is 0 Å². The van der Waals surface area contributed by atoms with Gasteiger partial charge in [-0.3, -0.25) is 15.4 Å². The van der Waals surface area contributed by atoms with Gasteiger partial charge in [-0.25, -0.2) is 0 Å². The van der Waals surface area contributed by atoms with Crippen LogP contribution >= 0.6 is 0 Å². The Labute approximate surface area is 131 Å². The molecule has 0 aliphatic heterocycles. The van der Waals surface area contributed by atoms with E-state index in [4.69, 9.17) is 0 Å². The minimum absolute atomic E-state index is 0.861. The summed E-state index contributed by atoms with van der Waals surface area (Å²) in [6.45, 7) is 5.92. The van der Waals surface area contributed by atoms with Crippen molar-refractivity contribution < 1.29 is 0 Å². The molecular formula is C17H21N5. The van der Waals surface area contributed by atoms with Crippen molar-refractivity contribution in [1.82, 2.24) is 15.4 Å². The van der Waals surface area contributed by atoms with Crippen LogP contribution in [0.4, 0.5) is 0 Å². The van der Waals surface area contributed by atoms with E-state index in [0.717, 1.165) is 41.9 Å². The first-order valence-electron chi connectivity index (χ1n) is 7.29. The molecule has 2 aromatic heterocycles. The number of allylic oxidation sites excluding steroid dienone is 1. The molecule has 0 atom stereocenters. The molecule has 5 nitrogen and oxygen atoms in total. The molecule has 0 aliphatic rings. The van der Waals surface area contributed by atoms with E-state index in [9.17, 15) is 0 Å². The summed E-state index contributed by atoms with van der Waals surface area (Å²) in [4.78, 5) is 8.88. The first-order valence-corrected chi connectivity index (χ1v) is 7.29. The summed E-state index contributed by atoms with van der Waals surface area (Å²) in [6, 6.07) is 8.16. The maximum Gasteiger partial charge on any atom is 0.0886 e. The lowest BCUT2D eigenvalue weighted by atomic mass is 10.1. The number of aryl methyl sites for hydroxylation is 2. The molecule has 0 radical (unpaired) electrons. The van der Waals surface area contributed by atoms with Gasteiger partial charge in [0.15, 0.2) is 0 Å². The largest absolute Gasteiger partial charge is 0.265 e. The normalized spacial score (nSPS) is 10.8. The molecular weight excluding hydrogens is 274 g/mol. The van der Waals surface area contributed by atoms with Gasteiger partial charge in [-0.1, -0.05) is 23.9 Å². The topological polar surface area (TPSA) is 62.5 Å². The third-order valence-corrected chi connectivity index (χ3v) is 3.25. The van der Waals surface area contributed by atoms with Crippen molar-refractivity contribution in [3.8, 4) is 11.4 Å². The van der Waals surface area contributed by atoms with Crippen molar-refractivity contribution in [3.05, 3.63) is 60.1 Å². The second-order valence-corrected chi connectivity index (χ2v) is 5.14. The van der Waals surface area contributed by atoms with Crippen molar-refractivity contribution in [2.45, 2.75) is 26.2 Å². The van der Waals surface area contributed by atoms with Gasteiger partial charge in [0, 0.05) is 18.1 Å². The number of pyridine rings is 2. The van der Waals surface area contributed by atoms with Crippen LogP contribution in [0, 0.1) is 6.92 Å². The molecule has 0 spiro atoms. The predicted octanol–water partition coefficient (Wildman–Crippen LogP) is 3.88. The monoisotopic (exact) mass is 295 g/mol. The second kappa shape index (κ2) is 8.02. The van der Waals surface area contributed by atoms with Gasteiger partial charge in [0.25, 0.3) is 0 Å². The van der Waals surface area contributed by atoms with Crippen LogP contribution in [0.2, 0.25) is 0 Å². The highest BCUT2D eigenvalue weighted by Crippen LogP contribution is 2.15. The molecule has 0 fully saturated rings. The average Bonchev–Trinajstić information content (AvgIpc) is 2.54. The van der Waals surface area contributed by atoms with Crippen LogP contribution in [0.3, 0.4) is 0 Å². The number of rotatable bonds is 7. The lowest BCUT2D eigenvalue weighted by Gasteiger charge is -2.05. The Balaban J connectivity index is 1.87. The second-order valence-electron chi connectivity index (χ2n) is 5.14. The van der Waals surface area contributed by atoms with Crippen molar-refractivity contribution in [2.75, 3.05) is 7.05 Å². The van der Waals surface area contributed by atoms with Crippen LogP contribution < -0.4 is 5.43 Å². The maximum absolute atomic E-state index is 4.49. The minimum atomic E-state index is 0.861. The number of nitrogens with one attached hydrogen (secondary N) is 1. The number of hydrogen-bond donors (Lipinski definition) is 1. The molecule has 5 heteroatoms. The molecule has 0 amide bonds. The van der Waals surface area contributed by atoms with Gasteiger partial charge >= 0.3 is 0 Å². The zero-order chi connectivity index (χ0) is 15.8. The van der Waals surface area contributed by atoms with E-state index in [2.05, 4.69) is 38.4 Å². The minimum Gasteiger partial charge on any atom is -0.265 e. The quantitative estimate of drug-likeness (QED) is 0.623. The molecule has 0 saturated carbocycles. The summed E-state index contributed by atoms with van der Waals surface area (Å²) in [7, 11) is 1.62. The number of hydrogen-bond acceptors (Lipinski definition) is 4. The third-order valence-electron chi connectivity index (χ3n) is 3.25. The van der Waals surface area contributed by atoms with E-state index in [1.807, 2.05) is 37.5 Å². The highest BCUT2D eigenvalue weighted by atomic mass is 15.4. The fourth-order valence-corrected chi connectivity index (χ4v) is 2.03. The van der Waals surface area contributed by atoms with Crippen LogP contribution in [0.5, 0.6) is 0 Å². The first kappa shape index (κ1) is 15.8. The van der Waals surface area contributed by atoms with E-state index in [0.29, 0.717) is 0 Å². The van der Waals surface area contributed by atoms with E-state index in [1.165, 1.54) is 5.56 Å². The lowest BCUT2D eigenvalue weighted by molar-refractivity contribution is 0.710. The van der Waals surface area contributed by atoms with Gasteiger partial charge in [-0.15, -0.1) is 0 Å². The van der Waals surface area contributed by atoms with E-state index < -0.39 is 0 Å². The Morgan fingerprint density at radius 3 is 2.45 bits per heavy atom. The van der Waals surface area contributed by atoms with Gasteiger partial charge in [-0.2, -0.15) is 5.11 Å². The van der Waals surface area contributed by atoms with Crippen molar-refractivity contribution in [1.29, 1.82) is 0 Å². The number of nitrogens with zero attached hydrogens (tertiary/aromatic N) is 4. The summed E-state index contributed by atoms with van der Waals surface area (Å²) in [5.41, 5.74) is 7.83. The molecule has 2 aromatic rings. The van der Waals surface area contributed by atoms with E-state index >= 15 is 0 Å². The van der Waals surface area contributed by atoms with Crippen molar-refractivity contribution >= 4 is 0 Å². The summed E-state index contributed by atoms with van der Waals surface area (Å²) in [5.74, 6) is 0. The summed E-state index contributed by atoms with van der Waals surface area (Å²) < 4.78 is 0. The zero-order valence-corrected chi connectivity index (χ0v) is 13.1. The lowest BCUT2D eigenvalue weighted by Crippen LogP contribution is -2.03. The van der Waals surface area contributed by atoms with Gasteiger partial charge in [0.05, 0.1) is 18.4 Å². The Morgan fingerprint density at radius 1 is 1.14 bits per heavy atom. The standard InChI is InChI=1S/C17H21N5/c1-13-7-9-16(19-11-13)17-10-8-15(12-20-17)6-4-5-14(2)21-22-18-3/h7-12H,2,4-6H2,1,3H3,(H,18,21). The van der Waals surface area contributed by atoms with Gasteiger partial charge < -0.3 is 0 Å². The molecule has 0 aliphatic carbocycles. The first-order chi connectivity index (χ1) is 10.7. The highest BCUT2D eigenvalue weighted by Gasteiger charge is 2.01. The van der Waals surface area contributed by atoms with Gasteiger partial charge in [0.2, 0.25) is 0 Å². The van der Waals surface area contributed by atoms with Crippen LogP contribution in [0.15, 0.2) is 59.3 Å². The molecule has 0 bridgehead atoms. The molecule has 2 rings (SSSR count). The van der Waals surface area contributed by atoms with Crippen LogP contribution in [0.25, 0.3) is 11.4 Å². The Kier molecular flexibility index (Phi) is 5.77. The molecule has 1 N–H and O–H groups in total. The third kappa shape index (κ3) is 4.77. The smallest absolute Gasteiger partial charge is 0.0886 e. The fraction of sp³-hybridized carbons (Fsp3) is 0.294. The predicted molar refractivity (Wildman–Crippen MR) is 88.2 cm³/mol. The molecule has 22 heavy (non-hydrogen) atoms. The molecule has 114 valence electrons. The van der Waals surface area contributed by atoms with Crippen LogP contribution in [-0.4, -0.2) is 17.0 Å². The van der Waals surface area contributed by atoms with Crippen molar-refractivity contribution in [2.24, 2.45) is 10.3 Å². The van der Waals surface area contributed by atoms with Gasteiger partial charge in [-0.05, 0) is 49.4 Å². The summed E-state index contributed by atoms with van der Waals surface area (Å²) >= 11 is 0. The average molecular weight is 295 g/mol. The van der Waals surface area contributed by atoms with E-state index in [1.54, 1.807) is 7.05 Å². The summed E-state index contributed by atoms with van der Waals surface area (Å²) in [5, 5.41) is 7.33. The highest BCUT2D eigenvalue weighted by molar-refractivity contribution is 5.53. The zero-order valence-electron chi connectivity index (χ0n) is 13.1. The van der Waals surface area contributed by atoms with Crippen LogP contribution in [0.1, 0.15) is 24.0 Å². The number of aromatic nitrogens is 2. The fourth-order valence-electron chi connectivity index (χ4n) is 2.03. The Morgan fingerprint density at radius 2 is 1.86 bits per heavy atom. The van der Waals surface area contributed by atoms with Crippen molar-refractivity contribution in [3.63, 3.8) is 0 Å². The summed E-state index contributed by atoms with van der Waals surface area (Å²) in [6.07, 6.45) is 6.59. The molecule has 0 saturated heterocycles. The van der Waals surface area contributed by atoms with Gasteiger partial charge in [0.1, 0.15) is 0 Å². The Bertz CT molecular complexity index is 629. The van der Waals surface area contributed by atoms with Crippen LogP contribution in [-0.2, 0) is 6.42 Å². The Hall–Kier alpha value is -2.56. The molecule has 2 heterocycles.